The SMILES string of the molecule is O=C1CCc2cc(OCCl)ccc2N1. The number of halogens is 1. The molecule has 14 heavy (non-hydrogen) atoms. The lowest BCUT2D eigenvalue weighted by Gasteiger charge is -2.17. The van der Waals surface area contributed by atoms with E-state index in [1.165, 1.54) is 0 Å². The first-order valence-electron chi connectivity index (χ1n) is 4.41. The molecule has 0 radical (unpaired) electrons. The summed E-state index contributed by atoms with van der Waals surface area (Å²) >= 11 is 5.45. The highest BCUT2D eigenvalue weighted by molar-refractivity contribution is 6.17. The van der Waals surface area contributed by atoms with Crippen LogP contribution in [0, 0.1) is 0 Å². The zero-order valence-corrected chi connectivity index (χ0v) is 8.30. The summed E-state index contributed by atoms with van der Waals surface area (Å²) in [5, 5.41) is 2.80. The van der Waals surface area contributed by atoms with Crippen LogP contribution >= 0.6 is 11.6 Å². The third-order valence-electron chi connectivity index (χ3n) is 2.19. The van der Waals surface area contributed by atoms with E-state index in [9.17, 15) is 4.79 Å². The number of rotatable bonds is 2. The number of alkyl halides is 1. The largest absolute Gasteiger partial charge is 0.478 e. The fraction of sp³-hybridized carbons (Fsp3) is 0.300. The van der Waals surface area contributed by atoms with Gasteiger partial charge in [-0.15, -0.1) is 0 Å². The van der Waals surface area contributed by atoms with E-state index in [-0.39, 0.29) is 12.0 Å². The van der Waals surface area contributed by atoms with Crippen LogP contribution in [0.2, 0.25) is 0 Å². The van der Waals surface area contributed by atoms with Crippen LogP contribution in [0.3, 0.4) is 0 Å². The van der Waals surface area contributed by atoms with Gasteiger partial charge in [0.1, 0.15) is 5.75 Å². The Labute approximate surface area is 87.0 Å². The van der Waals surface area contributed by atoms with Crippen LogP contribution in [0.25, 0.3) is 0 Å². The topological polar surface area (TPSA) is 38.3 Å². The third-order valence-corrected chi connectivity index (χ3v) is 2.30. The molecule has 0 unspecified atom stereocenters. The number of amides is 1. The number of anilines is 1. The highest BCUT2D eigenvalue weighted by Gasteiger charge is 2.14. The zero-order chi connectivity index (χ0) is 9.97. The van der Waals surface area contributed by atoms with Crippen molar-refractivity contribution in [2.75, 3.05) is 11.4 Å². The van der Waals surface area contributed by atoms with Crippen LogP contribution in [0.1, 0.15) is 12.0 Å². The van der Waals surface area contributed by atoms with Crippen molar-refractivity contribution in [3.63, 3.8) is 0 Å². The summed E-state index contributed by atoms with van der Waals surface area (Å²) in [5.41, 5.74) is 1.98. The van der Waals surface area contributed by atoms with E-state index in [1.807, 2.05) is 12.1 Å². The van der Waals surface area contributed by atoms with Crippen molar-refractivity contribution in [3.05, 3.63) is 23.8 Å². The number of carbonyl (C=O) groups excluding carboxylic acids is 1. The van der Waals surface area contributed by atoms with Crippen molar-refractivity contribution in [3.8, 4) is 5.75 Å². The molecule has 1 amide bonds. The van der Waals surface area contributed by atoms with E-state index in [2.05, 4.69) is 5.32 Å². The Kier molecular flexibility index (Phi) is 2.59. The molecule has 0 aliphatic carbocycles. The number of nitrogens with one attached hydrogen (secondary N) is 1. The quantitative estimate of drug-likeness (QED) is 0.762. The van der Waals surface area contributed by atoms with E-state index >= 15 is 0 Å². The lowest BCUT2D eigenvalue weighted by atomic mass is 10.0. The molecule has 0 saturated heterocycles. The van der Waals surface area contributed by atoms with Crippen molar-refractivity contribution in [1.29, 1.82) is 0 Å². The second kappa shape index (κ2) is 3.88. The van der Waals surface area contributed by atoms with E-state index in [0.29, 0.717) is 6.42 Å². The van der Waals surface area contributed by atoms with Gasteiger partial charge in [0, 0.05) is 12.1 Å². The molecular formula is C10H10ClNO2. The Bertz CT molecular complexity index is 365. The summed E-state index contributed by atoms with van der Waals surface area (Å²) in [6.45, 7) is 0. The summed E-state index contributed by atoms with van der Waals surface area (Å²) in [6.07, 6.45) is 1.30. The smallest absolute Gasteiger partial charge is 0.224 e. The molecule has 0 atom stereocenters. The van der Waals surface area contributed by atoms with Gasteiger partial charge >= 0.3 is 0 Å². The maximum Gasteiger partial charge on any atom is 0.224 e. The van der Waals surface area contributed by atoms with E-state index < -0.39 is 0 Å². The summed E-state index contributed by atoms with van der Waals surface area (Å²) in [6, 6.07) is 5.70. The fourth-order valence-corrected chi connectivity index (χ4v) is 1.64. The second-order valence-corrected chi connectivity index (χ2v) is 3.34. The Morgan fingerprint density at radius 3 is 3.07 bits per heavy atom. The Hall–Kier alpha value is -1.22. The Morgan fingerprint density at radius 1 is 1.43 bits per heavy atom. The number of ether oxygens (including phenoxy) is 1. The first-order valence-corrected chi connectivity index (χ1v) is 4.94. The molecule has 3 nitrogen and oxygen atoms in total. The molecule has 1 heterocycles. The number of aryl methyl sites for hydroxylation is 1. The van der Waals surface area contributed by atoms with Gasteiger partial charge in [-0.05, 0) is 30.2 Å². The van der Waals surface area contributed by atoms with Gasteiger partial charge in [-0.3, -0.25) is 4.79 Å². The van der Waals surface area contributed by atoms with Gasteiger partial charge in [-0.25, -0.2) is 0 Å². The van der Waals surface area contributed by atoms with Gasteiger partial charge in [0.15, 0.2) is 6.07 Å². The summed E-state index contributed by atoms with van der Waals surface area (Å²) < 4.78 is 5.15. The van der Waals surface area contributed by atoms with Crippen LogP contribution in [-0.2, 0) is 11.2 Å². The monoisotopic (exact) mass is 211 g/mol. The summed E-state index contributed by atoms with van der Waals surface area (Å²) in [5.74, 6) is 0.818. The predicted molar refractivity (Wildman–Crippen MR) is 54.7 cm³/mol. The number of carbonyl (C=O) groups is 1. The fourth-order valence-electron chi connectivity index (χ4n) is 1.51. The molecule has 74 valence electrons. The average molecular weight is 212 g/mol. The Morgan fingerprint density at radius 2 is 2.29 bits per heavy atom. The van der Waals surface area contributed by atoms with Gasteiger partial charge in [-0.1, -0.05) is 11.6 Å². The van der Waals surface area contributed by atoms with Crippen LogP contribution in [-0.4, -0.2) is 12.0 Å². The van der Waals surface area contributed by atoms with E-state index in [4.69, 9.17) is 16.3 Å². The first-order chi connectivity index (χ1) is 6.79. The van der Waals surface area contributed by atoms with Crippen LogP contribution in [0.4, 0.5) is 5.69 Å². The highest BCUT2D eigenvalue weighted by atomic mass is 35.5. The van der Waals surface area contributed by atoms with Gasteiger partial charge < -0.3 is 10.1 Å². The summed E-state index contributed by atoms with van der Waals surface area (Å²) in [7, 11) is 0. The lowest BCUT2D eigenvalue weighted by molar-refractivity contribution is -0.116. The normalized spacial score (nSPS) is 14.5. The Balaban J connectivity index is 2.26. The zero-order valence-electron chi connectivity index (χ0n) is 7.55. The number of fused-ring (bicyclic) bond motifs is 1. The van der Waals surface area contributed by atoms with Crippen molar-refractivity contribution in [2.24, 2.45) is 0 Å². The van der Waals surface area contributed by atoms with Gasteiger partial charge in [0.25, 0.3) is 0 Å². The maximum absolute atomic E-state index is 11.1. The number of hydrogen-bond donors (Lipinski definition) is 1. The standard InChI is InChI=1S/C10H10ClNO2/c11-6-14-8-2-3-9-7(5-8)1-4-10(13)12-9/h2-3,5H,1,4,6H2,(H,12,13). The van der Waals surface area contributed by atoms with Crippen LogP contribution < -0.4 is 10.1 Å². The second-order valence-electron chi connectivity index (χ2n) is 3.12. The maximum atomic E-state index is 11.1. The molecule has 0 bridgehead atoms. The molecule has 1 aromatic carbocycles. The molecular weight excluding hydrogens is 202 g/mol. The molecule has 0 spiro atoms. The van der Waals surface area contributed by atoms with Crippen molar-refractivity contribution in [1.82, 2.24) is 0 Å². The minimum atomic E-state index is 0.0727. The van der Waals surface area contributed by atoms with E-state index in [0.717, 1.165) is 23.4 Å². The molecule has 2 rings (SSSR count). The highest BCUT2D eigenvalue weighted by Crippen LogP contribution is 2.26. The minimum Gasteiger partial charge on any atom is -0.478 e. The average Bonchev–Trinajstić information content (AvgIpc) is 2.19. The van der Waals surface area contributed by atoms with Crippen molar-refractivity contribution < 1.29 is 9.53 Å². The summed E-state index contributed by atoms with van der Waals surface area (Å²) in [4.78, 5) is 11.1. The molecule has 1 aromatic rings. The van der Waals surface area contributed by atoms with Crippen molar-refractivity contribution in [2.45, 2.75) is 12.8 Å². The number of hydrogen-bond acceptors (Lipinski definition) is 2. The minimum absolute atomic E-state index is 0.0727. The third kappa shape index (κ3) is 1.82. The molecule has 1 aliphatic heterocycles. The molecule has 0 fully saturated rings. The molecule has 1 N–H and O–H groups in total. The number of benzene rings is 1. The lowest BCUT2D eigenvalue weighted by Crippen LogP contribution is -2.18. The van der Waals surface area contributed by atoms with Crippen LogP contribution in [0.15, 0.2) is 18.2 Å². The van der Waals surface area contributed by atoms with Gasteiger partial charge in [0.2, 0.25) is 5.91 Å². The predicted octanol–water partition coefficient (Wildman–Crippen LogP) is 2.15. The van der Waals surface area contributed by atoms with Gasteiger partial charge in [-0.2, -0.15) is 0 Å². The molecule has 0 saturated carbocycles. The van der Waals surface area contributed by atoms with Gasteiger partial charge in [0.05, 0.1) is 0 Å². The molecule has 0 aromatic heterocycles. The first kappa shape index (κ1) is 9.34. The van der Waals surface area contributed by atoms with E-state index in [1.54, 1.807) is 6.07 Å². The van der Waals surface area contributed by atoms with Crippen molar-refractivity contribution >= 4 is 23.2 Å². The molecule has 1 aliphatic rings. The molecule has 4 heteroatoms. The van der Waals surface area contributed by atoms with Crippen LogP contribution in [0.5, 0.6) is 5.75 Å².